The van der Waals surface area contributed by atoms with Crippen molar-refractivity contribution >= 4 is 19.8 Å². The molecule has 0 aliphatic carbocycles. The number of esters is 2. The molecular formula is C42H77NO9P+. The Morgan fingerprint density at radius 3 is 1.77 bits per heavy atom. The van der Waals surface area contributed by atoms with Crippen LogP contribution in [0.3, 0.4) is 0 Å². The molecule has 0 spiro atoms. The van der Waals surface area contributed by atoms with Gasteiger partial charge in [-0.05, 0) is 44.9 Å². The SMILES string of the molecule is CCCCCCCCCCCCCC(=O)O[C@H](COC(=O)CCC/C=C\C/C=C\C/C=C\C/C=C\[C@@H](O)CCCC)COP(=O)(O)OCC[N+](C)(C)C. The van der Waals surface area contributed by atoms with Gasteiger partial charge in [-0.1, -0.05) is 140 Å². The average molecular weight is 771 g/mol. The van der Waals surface area contributed by atoms with Crippen molar-refractivity contribution in [1.29, 1.82) is 0 Å². The molecule has 0 amide bonds. The van der Waals surface area contributed by atoms with Crippen molar-refractivity contribution in [2.45, 2.75) is 161 Å². The second kappa shape index (κ2) is 34.4. The Hall–Kier alpha value is -2.07. The maximum Gasteiger partial charge on any atom is 0.472 e. The zero-order chi connectivity index (χ0) is 39.5. The van der Waals surface area contributed by atoms with Crippen LogP contribution < -0.4 is 0 Å². The maximum absolute atomic E-state index is 12.6. The highest BCUT2D eigenvalue weighted by atomic mass is 31.2. The van der Waals surface area contributed by atoms with Crippen molar-refractivity contribution in [1.82, 2.24) is 0 Å². The monoisotopic (exact) mass is 771 g/mol. The third kappa shape index (κ3) is 38.0. The highest BCUT2D eigenvalue weighted by molar-refractivity contribution is 7.47. The van der Waals surface area contributed by atoms with Gasteiger partial charge in [0.2, 0.25) is 0 Å². The molecule has 0 aliphatic heterocycles. The molecule has 53 heavy (non-hydrogen) atoms. The number of hydrogen-bond acceptors (Lipinski definition) is 8. The van der Waals surface area contributed by atoms with Crippen LogP contribution in [-0.4, -0.2) is 86.1 Å². The van der Waals surface area contributed by atoms with Crippen LogP contribution in [-0.2, 0) is 32.7 Å². The van der Waals surface area contributed by atoms with Gasteiger partial charge in [0, 0.05) is 12.8 Å². The van der Waals surface area contributed by atoms with E-state index in [1.807, 2.05) is 39.4 Å². The van der Waals surface area contributed by atoms with E-state index in [1.54, 1.807) is 0 Å². The zero-order valence-electron chi connectivity index (χ0n) is 34.1. The van der Waals surface area contributed by atoms with Crippen LogP contribution in [0.2, 0.25) is 0 Å². The van der Waals surface area contributed by atoms with Crippen LogP contribution in [0.15, 0.2) is 48.6 Å². The van der Waals surface area contributed by atoms with E-state index in [4.69, 9.17) is 18.5 Å². The van der Waals surface area contributed by atoms with E-state index in [2.05, 4.69) is 44.2 Å². The number of hydrogen-bond donors (Lipinski definition) is 2. The molecule has 1 unspecified atom stereocenters. The third-order valence-corrected chi connectivity index (χ3v) is 9.42. The molecule has 0 rings (SSSR count). The lowest BCUT2D eigenvalue weighted by Gasteiger charge is -2.24. The fourth-order valence-electron chi connectivity index (χ4n) is 5.14. The van der Waals surface area contributed by atoms with Crippen molar-refractivity contribution in [2.75, 3.05) is 47.5 Å². The second-order valence-corrected chi connectivity index (χ2v) is 16.3. The van der Waals surface area contributed by atoms with Gasteiger partial charge < -0.3 is 24.0 Å². The molecule has 0 saturated carbocycles. The van der Waals surface area contributed by atoms with Gasteiger partial charge in [0.1, 0.15) is 19.8 Å². The first-order valence-electron chi connectivity index (χ1n) is 20.5. The standard InChI is InChI=1S/C42H76NO9P/c1-6-8-10-11-12-13-16-21-24-27-30-34-42(46)52-40(38-51-53(47,48)50-36-35-43(3,4)5)37-49-41(45)33-29-26-23-20-18-15-14-17-19-22-25-28-32-39(44)31-9-7-2/h14-15,19-20,22-23,28,32,39-40,44H,6-13,16-18,21,24-27,29-31,33-38H2,1-5H3/p+1/b15-14-,22-19-,23-20-,32-28-/t39-,40+/m0/s1. The third-order valence-electron chi connectivity index (χ3n) is 8.43. The molecule has 0 aromatic heterocycles. The van der Waals surface area contributed by atoms with Gasteiger partial charge in [0.15, 0.2) is 6.10 Å². The number of phosphoric ester groups is 1. The Morgan fingerprint density at radius 1 is 0.660 bits per heavy atom. The molecule has 0 heterocycles. The molecule has 0 fully saturated rings. The molecule has 11 heteroatoms. The lowest BCUT2D eigenvalue weighted by Crippen LogP contribution is -2.37. The Morgan fingerprint density at radius 2 is 1.19 bits per heavy atom. The maximum atomic E-state index is 12.6. The molecule has 0 aromatic carbocycles. The van der Waals surface area contributed by atoms with Gasteiger partial charge >= 0.3 is 19.8 Å². The molecule has 0 aliphatic rings. The lowest BCUT2D eigenvalue weighted by atomic mass is 10.1. The van der Waals surface area contributed by atoms with Crippen LogP contribution in [0.5, 0.6) is 0 Å². The minimum absolute atomic E-state index is 0.0159. The summed E-state index contributed by atoms with van der Waals surface area (Å²) >= 11 is 0. The number of allylic oxidation sites excluding steroid dienone is 7. The Kier molecular flexibility index (Phi) is 33.1. The first-order valence-corrected chi connectivity index (χ1v) is 21.9. The molecule has 308 valence electrons. The first kappa shape index (κ1) is 50.9. The summed E-state index contributed by atoms with van der Waals surface area (Å²) in [5.74, 6) is -0.890. The number of aliphatic hydroxyl groups is 1. The fraction of sp³-hybridized carbons (Fsp3) is 0.762. The number of nitrogens with zero attached hydrogens (tertiary/aromatic N) is 1. The first-order chi connectivity index (χ1) is 25.4. The van der Waals surface area contributed by atoms with E-state index in [0.29, 0.717) is 23.9 Å². The minimum atomic E-state index is -4.39. The number of aliphatic hydroxyl groups excluding tert-OH is 1. The Bertz CT molecular complexity index is 1070. The second-order valence-electron chi connectivity index (χ2n) is 14.8. The normalized spacial score (nSPS) is 14.8. The largest absolute Gasteiger partial charge is 0.472 e. The summed E-state index contributed by atoms with van der Waals surface area (Å²) in [6, 6.07) is 0. The lowest BCUT2D eigenvalue weighted by molar-refractivity contribution is -0.870. The molecule has 3 atom stereocenters. The number of ether oxygens (including phenoxy) is 2. The van der Waals surface area contributed by atoms with E-state index >= 15 is 0 Å². The van der Waals surface area contributed by atoms with Gasteiger partial charge in [-0.15, -0.1) is 0 Å². The van der Waals surface area contributed by atoms with E-state index in [-0.39, 0.29) is 32.2 Å². The van der Waals surface area contributed by atoms with Crippen LogP contribution in [0.25, 0.3) is 0 Å². The van der Waals surface area contributed by atoms with Crippen LogP contribution >= 0.6 is 7.82 Å². The van der Waals surface area contributed by atoms with Crippen molar-refractivity contribution in [3.8, 4) is 0 Å². The topological polar surface area (TPSA) is 129 Å². The number of rotatable bonds is 36. The van der Waals surface area contributed by atoms with Gasteiger partial charge in [-0.2, -0.15) is 0 Å². The minimum Gasteiger partial charge on any atom is -0.462 e. The molecule has 2 N–H and O–H groups in total. The summed E-state index contributed by atoms with van der Waals surface area (Å²) in [6.07, 6.45) is 35.0. The highest BCUT2D eigenvalue weighted by Gasteiger charge is 2.27. The van der Waals surface area contributed by atoms with E-state index in [0.717, 1.165) is 64.2 Å². The Balaban J connectivity index is 4.51. The summed E-state index contributed by atoms with van der Waals surface area (Å²) in [4.78, 5) is 35.2. The smallest absolute Gasteiger partial charge is 0.462 e. The van der Waals surface area contributed by atoms with Crippen molar-refractivity contribution in [3.63, 3.8) is 0 Å². The number of quaternary nitrogens is 1. The van der Waals surface area contributed by atoms with Crippen molar-refractivity contribution in [2.24, 2.45) is 0 Å². The van der Waals surface area contributed by atoms with Crippen LogP contribution in [0.1, 0.15) is 149 Å². The fourth-order valence-corrected chi connectivity index (χ4v) is 5.88. The molecule has 10 nitrogen and oxygen atoms in total. The number of unbranched alkanes of at least 4 members (excludes halogenated alkanes) is 12. The van der Waals surface area contributed by atoms with Crippen molar-refractivity contribution in [3.05, 3.63) is 48.6 Å². The van der Waals surface area contributed by atoms with Crippen LogP contribution in [0, 0.1) is 0 Å². The number of likely N-dealkylation sites (N-methyl/N-ethyl adjacent to an activating group) is 1. The molecular weight excluding hydrogens is 693 g/mol. The predicted molar refractivity (Wildman–Crippen MR) is 216 cm³/mol. The summed E-state index contributed by atoms with van der Waals surface area (Å²) in [6.45, 7) is 4.16. The van der Waals surface area contributed by atoms with Gasteiger partial charge in [0.05, 0.1) is 33.9 Å². The quantitative estimate of drug-likeness (QED) is 0.0210. The number of phosphoric acid groups is 1. The van der Waals surface area contributed by atoms with E-state index in [1.165, 1.54) is 44.9 Å². The predicted octanol–water partition coefficient (Wildman–Crippen LogP) is 10.1. The summed E-state index contributed by atoms with van der Waals surface area (Å²) in [5.41, 5.74) is 0. The summed E-state index contributed by atoms with van der Waals surface area (Å²) < 4.78 is 34.1. The Labute approximate surface area is 323 Å². The van der Waals surface area contributed by atoms with E-state index in [9.17, 15) is 24.2 Å². The summed E-state index contributed by atoms with van der Waals surface area (Å²) in [7, 11) is 1.42. The molecule has 0 bridgehead atoms. The number of carbonyl (C=O) groups is 2. The molecule has 0 radical (unpaired) electrons. The summed E-state index contributed by atoms with van der Waals surface area (Å²) in [5, 5.41) is 9.81. The zero-order valence-corrected chi connectivity index (χ0v) is 35.0. The van der Waals surface area contributed by atoms with E-state index < -0.39 is 32.5 Å². The molecule has 0 aromatic rings. The average Bonchev–Trinajstić information content (AvgIpc) is 3.10. The van der Waals surface area contributed by atoms with Gasteiger partial charge in [-0.25, -0.2) is 4.57 Å². The van der Waals surface area contributed by atoms with Gasteiger partial charge in [-0.3, -0.25) is 18.6 Å². The van der Waals surface area contributed by atoms with Crippen LogP contribution in [0.4, 0.5) is 0 Å². The highest BCUT2D eigenvalue weighted by Crippen LogP contribution is 2.43. The van der Waals surface area contributed by atoms with Gasteiger partial charge in [0.25, 0.3) is 0 Å². The molecule has 0 saturated heterocycles. The number of carbonyl (C=O) groups excluding carboxylic acids is 2. The van der Waals surface area contributed by atoms with Crippen molar-refractivity contribution < 1.29 is 47.2 Å².